The Morgan fingerprint density at radius 2 is 1.82 bits per heavy atom. The molecule has 1 aromatic heterocycles. The Bertz CT molecular complexity index is 211. The molecule has 3 nitrogen and oxygen atoms in total. The fourth-order valence-corrected chi connectivity index (χ4v) is 0.761. The molecule has 0 aliphatic rings. The zero-order valence-electron chi connectivity index (χ0n) is 6.73. The lowest BCUT2D eigenvalue weighted by Gasteiger charge is -2.11. The molecular formula is C8H12N2O. The van der Waals surface area contributed by atoms with E-state index in [9.17, 15) is 5.11 Å². The van der Waals surface area contributed by atoms with Gasteiger partial charge in [-0.1, -0.05) is 6.92 Å². The van der Waals surface area contributed by atoms with Crippen molar-refractivity contribution < 1.29 is 5.11 Å². The van der Waals surface area contributed by atoms with Crippen molar-refractivity contribution in [3.63, 3.8) is 0 Å². The van der Waals surface area contributed by atoms with Crippen molar-refractivity contribution in [2.75, 3.05) is 0 Å². The van der Waals surface area contributed by atoms with Gasteiger partial charge < -0.3 is 5.11 Å². The lowest BCUT2D eigenvalue weighted by atomic mass is 10.1. The summed E-state index contributed by atoms with van der Waals surface area (Å²) in [4.78, 5) is 8.06. The normalized spacial score (nSPS) is 15.9. The van der Waals surface area contributed by atoms with Crippen molar-refractivity contribution in [3.05, 3.63) is 24.3 Å². The second kappa shape index (κ2) is 3.44. The molecule has 0 spiro atoms. The van der Waals surface area contributed by atoms with Gasteiger partial charge in [0.1, 0.15) is 5.82 Å². The van der Waals surface area contributed by atoms with E-state index in [4.69, 9.17) is 0 Å². The molecule has 0 fully saturated rings. The van der Waals surface area contributed by atoms with Gasteiger partial charge in [0.05, 0.1) is 6.10 Å². The van der Waals surface area contributed by atoms with Crippen LogP contribution in [-0.2, 0) is 0 Å². The number of aliphatic hydroxyl groups is 1. The minimum Gasteiger partial charge on any atom is -0.393 e. The second-order valence-electron chi connectivity index (χ2n) is 2.64. The summed E-state index contributed by atoms with van der Waals surface area (Å²) in [5.74, 6) is 0.707. The Hall–Kier alpha value is -0.960. The topological polar surface area (TPSA) is 46.0 Å². The van der Waals surface area contributed by atoms with Crippen molar-refractivity contribution in [3.8, 4) is 0 Å². The van der Waals surface area contributed by atoms with Gasteiger partial charge in [0.2, 0.25) is 0 Å². The van der Waals surface area contributed by atoms with Gasteiger partial charge in [-0.05, 0) is 13.0 Å². The average molecular weight is 152 g/mol. The van der Waals surface area contributed by atoms with Gasteiger partial charge in [-0.3, -0.25) is 0 Å². The van der Waals surface area contributed by atoms with Gasteiger partial charge in [-0.25, -0.2) is 9.97 Å². The number of hydrogen-bond acceptors (Lipinski definition) is 3. The molecule has 1 rings (SSSR count). The molecule has 1 aromatic rings. The second-order valence-corrected chi connectivity index (χ2v) is 2.64. The van der Waals surface area contributed by atoms with E-state index >= 15 is 0 Å². The predicted octanol–water partition coefficient (Wildman–Crippen LogP) is 0.961. The van der Waals surface area contributed by atoms with Gasteiger partial charge in [-0.15, -0.1) is 0 Å². The van der Waals surface area contributed by atoms with E-state index in [1.807, 2.05) is 6.92 Å². The van der Waals surface area contributed by atoms with Crippen LogP contribution in [0.2, 0.25) is 0 Å². The van der Waals surface area contributed by atoms with Gasteiger partial charge in [0.15, 0.2) is 0 Å². The summed E-state index contributed by atoms with van der Waals surface area (Å²) in [5.41, 5.74) is 0. The Morgan fingerprint density at radius 1 is 1.27 bits per heavy atom. The molecular weight excluding hydrogens is 140 g/mol. The first-order valence-electron chi connectivity index (χ1n) is 3.67. The highest BCUT2D eigenvalue weighted by Gasteiger charge is 2.12. The third kappa shape index (κ3) is 1.98. The third-order valence-electron chi connectivity index (χ3n) is 1.72. The summed E-state index contributed by atoms with van der Waals surface area (Å²) in [7, 11) is 0. The molecule has 0 aliphatic carbocycles. The number of nitrogens with zero attached hydrogens (tertiary/aromatic N) is 2. The van der Waals surface area contributed by atoms with Crippen molar-refractivity contribution in [1.29, 1.82) is 0 Å². The van der Waals surface area contributed by atoms with Gasteiger partial charge in [-0.2, -0.15) is 0 Å². The van der Waals surface area contributed by atoms with Crippen LogP contribution >= 0.6 is 0 Å². The highest BCUT2D eigenvalue weighted by atomic mass is 16.3. The number of aliphatic hydroxyl groups excluding tert-OH is 1. The number of hydrogen-bond donors (Lipinski definition) is 1. The van der Waals surface area contributed by atoms with Crippen LogP contribution in [0.1, 0.15) is 25.6 Å². The fraction of sp³-hybridized carbons (Fsp3) is 0.500. The fourth-order valence-electron chi connectivity index (χ4n) is 0.761. The Labute approximate surface area is 66.1 Å². The molecule has 0 amide bonds. The first kappa shape index (κ1) is 8.14. The lowest BCUT2D eigenvalue weighted by molar-refractivity contribution is 0.165. The molecule has 1 heterocycles. The van der Waals surface area contributed by atoms with E-state index in [-0.39, 0.29) is 5.92 Å². The summed E-state index contributed by atoms with van der Waals surface area (Å²) in [6.45, 7) is 3.64. The zero-order chi connectivity index (χ0) is 8.27. The standard InChI is InChI=1S/C8H12N2O/c1-6(7(2)11)8-9-4-3-5-10-8/h3-7,11H,1-2H3. The highest BCUT2D eigenvalue weighted by Crippen LogP contribution is 2.12. The van der Waals surface area contributed by atoms with E-state index in [0.717, 1.165) is 0 Å². The molecule has 0 bridgehead atoms. The summed E-state index contributed by atoms with van der Waals surface area (Å²) < 4.78 is 0. The van der Waals surface area contributed by atoms with Gasteiger partial charge in [0.25, 0.3) is 0 Å². The van der Waals surface area contributed by atoms with E-state index in [1.54, 1.807) is 25.4 Å². The predicted molar refractivity (Wildman–Crippen MR) is 42.1 cm³/mol. The molecule has 0 aromatic carbocycles. The molecule has 60 valence electrons. The molecule has 3 heteroatoms. The highest BCUT2D eigenvalue weighted by molar-refractivity contribution is 4.96. The minimum absolute atomic E-state index is 0.0104. The van der Waals surface area contributed by atoms with Gasteiger partial charge in [0, 0.05) is 18.3 Å². The van der Waals surface area contributed by atoms with Crippen LogP contribution in [0.4, 0.5) is 0 Å². The van der Waals surface area contributed by atoms with Crippen LogP contribution in [0.25, 0.3) is 0 Å². The van der Waals surface area contributed by atoms with Crippen molar-refractivity contribution in [2.45, 2.75) is 25.9 Å². The first-order chi connectivity index (χ1) is 5.22. The maximum atomic E-state index is 9.19. The minimum atomic E-state index is -0.391. The maximum Gasteiger partial charge on any atom is 0.133 e. The summed E-state index contributed by atoms with van der Waals surface area (Å²) >= 11 is 0. The van der Waals surface area contributed by atoms with E-state index in [0.29, 0.717) is 5.82 Å². The molecule has 0 saturated heterocycles. The average Bonchev–Trinajstić information content (AvgIpc) is 2.05. The van der Waals surface area contributed by atoms with Crippen LogP contribution in [0, 0.1) is 0 Å². The molecule has 11 heavy (non-hydrogen) atoms. The Morgan fingerprint density at radius 3 is 2.27 bits per heavy atom. The Balaban J connectivity index is 2.77. The van der Waals surface area contributed by atoms with E-state index in [2.05, 4.69) is 9.97 Å². The summed E-state index contributed by atoms with van der Waals surface area (Å²) in [6.07, 6.45) is 2.97. The molecule has 0 radical (unpaired) electrons. The van der Waals surface area contributed by atoms with Gasteiger partial charge >= 0.3 is 0 Å². The van der Waals surface area contributed by atoms with E-state index < -0.39 is 6.10 Å². The number of rotatable bonds is 2. The first-order valence-corrected chi connectivity index (χ1v) is 3.67. The quantitative estimate of drug-likeness (QED) is 0.686. The van der Waals surface area contributed by atoms with E-state index in [1.165, 1.54) is 0 Å². The number of aromatic nitrogens is 2. The van der Waals surface area contributed by atoms with Crippen LogP contribution < -0.4 is 0 Å². The van der Waals surface area contributed by atoms with Crippen LogP contribution in [-0.4, -0.2) is 21.2 Å². The van der Waals surface area contributed by atoms with Crippen molar-refractivity contribution in [1.82, 2.24) is 9.97 Å². The van der Waals surface area contributed by atoms with Crippen LogP contribution in [0.5, 0.6) is 0 Å². The zero-order valence-corrected chi connectivity index (χ0v) is 6.73. The molecule has 2 atom stereocenters. The smallest absolute Gasteiger partial charge is 0.133 e. The SMILES string of the molecule is CC(O)C(C)c1ncccn1. The Kier molecular flexibility index (Phi) is 2.54. The largest absolute Gasteiger partial charge is 0.393 e. The van der Waals surface area contributed by atoms with Crippen LogP contribution in [0.15, 0.2) is 18.5 Å². The maximum absolute atomic E-state index is 9.19. The summed E-state index contributed by atoms with van der Waals surface area (Å²) in [6, 6.07) is 1.76. The molecule has 2 unspecified atom stereocenters. The lowest BCUT2D eigenvalue weighted by Crippen LogP contribution is -2.13. The summed E-state index contributed by atoms with van der Waals surface area (Å²) in [5, 5.41) is 9.19. The van der Waals surface area contributed by atoms with Crippen LogP contribution in [0.3, 0.4) is 0 Å². The van der Waals surface area contributed by atoms with Crippen molar-refractivity contribution >= 4 is 0 Å². The monoisotopic (exact) mass is 152 g/mol. The van der Waals surface area contributed by atoms with Crippen molar-refractivity contribution in [2.24, 2.45) is 0 Å². The molecule has 0 aliphatic heterocycles. The molecule has 0 saturated carbocycles. The third-order valence-corrected chi connectivity index (χ3v) is 1.72. The molecule has 1 N–H and O–H groups in total.